The van der Waals surface area contributed by atoms with Crippen LogP contribution in [-0.4, -0.2) is 79.5 Å². The minimum absolute atomic E-state index is 0.131. The van der Waals surface area contributed by atoms with E-state index in [0.29, 0.717) is 31.2 Å². The van der Waals surface area contributed by atoms with Gasteiger partial charge < -0.3 is 20.1 Å². The number of benzene rings is 2. The first-order valence-electron chi connectivity index (χ1n) is 21.9. The maximum atomic E-state index is 14.0. The van der Waals surface area contributed by atoms with Crippen molar-refractivity contribution in [3.05, 3.63) is 143 Å². The van der Waals surface area contributed by atoms with Crippen LogP contribution in [0.25, 0.3) is 0 Å². The largest absolute Gasteiger partial charge is 0.354 e. The highest BCUT2D eigenvalue weighted by molar-refractivity contribution is 9.10. The Morgan fingerprint density at radius 2 is 1.43 bits per heavy atom. The number of rotatable bonds is 7. The van der Waals surface area contributed by atoms with E-state index in [1.807, 2.05) is 36.7 Å². The van der Waals surface area contributed by atoms with Gasteiger partial charge in [-0.2, -0.15) is 0 Å². The molecule has 2 aromatic carbocycles. The van der Waals surface area contributed by atoms with E-state index >= 15 is 0 Å². The zero-order chi connectivity index (χ0) is 44.3. The van der Waals surface area contributed by atoms with Crippen LogP contribution in [0.3, 0.4) is 0 Å². The number of fused-ring (bicyclic) bond motifs is 4. The summed E-state index contributed by atoms with van der Waals surface area (Å²) < 4.78 is 4.00. The first-order valence-corrected chi connectivity index (χ1v) is 24.7. The molecule has 2 fully saturated rings. The van der Waals surface area contributed by atoms with Crippen LogP contribution in [0.5, 0.6) is 0 Å². The van der Waals surface area contributed by atoms with Gasteiger partial charge in [-0.15, -0.1) is 11.6 Å². The van der Waals surface area contributed by atoms with Crippen LogP contribution in [0, 0.1) is 0 Å². The average Bonchev–Trinajstić information content (AvgIpc) is 3.74. The Kier molecular flexibility index (Phi) is 14.9. The summed E-state index contributed by atoms with van der Waals surface area (Å²) in [5.41, 5.74) is 8.83. The quantitative estimate of drug-likeness (QED) is 0.157. The molecule has 4 aliphatic rings. The minimum atomic E-state index is -0.642. The maximum Gasteiger partial charge on any atom is 0.318 e. The van der Waals surface area contributed by atoms with Crippen LogP contribution in [0.2, 0.25) is 10.0 Å². The molecule has 3 aliphatic carbocycles. The number of amides is 3. The zero-order valence-electron chi connectivity index (χ0n) is 35.6. The van der Waals surface area contributed by atoms with E-state index in [1.54, 1.807) is 23.6 Å². The van der Waals surface area contributed by atoms with Gasteiger partial charge in [-0.1, -0.05) is 54.6 Å². The monoisotopic (exact) mass is 1040 g/mol. The van der Waals surface area contributed by atoms with Crippen LogP contribution in [0.4, 0.5) is 4.79 Å². The summed E-state index contributed by atoms with van der Waals surface area (Å²) in [4.78, 5) is 45.5. The molecule has 15 heteroatoms. The molecule has 2 N–H and O–H groups in total. The normalized spacial score (nSPS) is 20.1. The van der Waals surface area contributed by atoms with Gasteiger partial charge >= 0.3 is 6.03 Å². The number of hydrogen-bond donors (Lipinski definition) is 2. The molecule has 1 saturated heterocycles. The molecule has 332 valence electrons. The Bertz CT molecular complexity index is 2320. The average molecular weight is 1040 g/mol. The summed E-state index contributed by atoms with van der Waals surface area (Å²) in [6.07, 6.45) is 19.0. The van der Waals surface area contributed by atoms with E-state index in [1.165, 1.54) is 28.7 Å². The number of nitrogens with zero attached hydrogens (tertiary/aromatic N) is 6. The summed E-state index contributed by atoms with van der Waals surface area (Å²) in [6, 6.07) is 15.5. The van der Waals surface area contributed by atoms with Gasteiger partial charge in [-0.3, -0.25) is 19.7 Å². The van der Waals surface area contributed by atoms with E-state index in [-0.39, 0.29) is 34.9 Å². The SMILES string of the molecule is CC(C)(CCNC(=O)C1CN(C2c3ccc(Cl)cc3CCc3cc(Br)cnc32)CCN1C(=O)NC1CCCCC1)n1ccnc1.Clc1ccc2c(c1)CCc1cc(Br)cnc1C2Cl. The molecule has 3 atom stereocenters. The highest BCUT2D eigenvalue weighted by Crippen LogP contribution is 2.40. The molecule has 0 bridgehead atoms. The van der Waals surface area contributed by atoms with Crippen molar-refractivity contribution in [2.24, 2.45) is 0 Å². The molecule has 3 amide bonds. The van der Waals surface area contributed by atoms with Crippen LogP contribution >= 0.6 is 66.7 Å². The number of nitrogens with one attached hydrogen (secondary N) is 2. The minimum Gasteiger partial charge on any atom is -0.354 e. The van der Waals surface area contributed by atoms with E-state index in [9.17, 15) is 9.59 Å². The van der Waals surface area contributed by atoms with Gasteiger partial charge in [0.25, 0.3) is 0 Å². The molecule has 5 aromatic rings. The van der Waals surface area contributed by atoms with Crippen molar-refractivity contribution in [2.45, 2.75) is 107 Å². The number of alkyl halides is 1. The number of aromatic nitrogens is 4. The molecule has 3 aromatic heterocycles. The number of piperazine rings is 1. The summed E-state index contributed by atoms with van der Waals surface area (Å²) in [6.45, 7) is 6.22. The lowest BCUT2D eigenvalue weighted by Gasteiger charge is -2.44. The first-order chi connectivity index (χ1) is 30.3. The van der Waals surface area contributed by atoms with Crippen molar-refractivity contribution in [2.75, 3.05) is 26.2 Å². The van der Waals surface area contributed by atoms with Crippen molar-refractivity contribution < 1.29 is 9.59 Å². The summed E-state index contributed by atoms with van der Waals surface area (Å²) in [7, 11) is 0. The lowest BCUT2D eigenvalue weighted by Crippen LogP contribution is -2.63. The third kappa shape index (κ3) is 10.8. The van der Waals surface area contributed by atoms with Crippen molar-refractivity contribution in [3.8, 4) is 0 Å². The second-order valence-electron chi connectivity index (χ2n) is 17.7. The van der Waals surface area contributed by atoms with Gasteiger partial charge in [0.1, 0.15) is 11.4 Å². The maximum absolute atomic E-state index is 14.0. The standard InChI is InChI=1S/C34H43BrClN7O2.C14H10BrCl2N/c1-34(2,42-15-14-37-22-42)12-13-38-32(44)29-21-41(16-17-43(29)33(45)40-27-6-4-3-5-7-27)31-28-11-10-26(36)19-23(28)8-9-24-18-25(35)20-39-30(24)31;15-10-5-9-2-1-8-6-11(16)3-4-12(8)13(17)14(9)18-7-10/h10-11,14-15,18-20,22,27,29,31H,3-9,12-13,16-17,21H2,1-2H3,(H,38,44)(H,40,45);3-7,13H,1-2H2. The van der Waals surface area contributed by atoms with Crippen LogP contribution in [-0.2, 0) is 36.0 Å². The number of urea groups is 1. The van der Waals surface area contributed by atoms with Crippen molar-refractivity contribution in [1.82, 2.24) is 40.0 Å². The number of hydrogen-bond acceptors (Lipinski definition) is 6. The second kappa shape index (κ2) is 20.3. The van der Waals surface area contributed by atoms with E-state index in [2.05, 4.69) is 100 Å². The third-order valence-electron chi connectivity index (χ3n) is 13.1. The molecule has 63 heavy (non-hydrogen) atoms. The Labute approximate surface area is 402 Å². The van der Waals surface area contributed by atoms with Crippen LogP contribution in [0.15, 0.2) is 88.6 Å². The van der Waals surface area contributed by atoms with Gasteiger partial charge in [-0.05, 0) is 160 Å². The van der Waals surface area contributed by atoms with Gasteiger partial charge in [0, 0.05) is 81.5 Å². The van der Waals surface area contributed by atoms with E-state index < -0.39 is 6.04 Å². The number of carbonyl (C=O) groups is 2. The van der Waals surface area contributed by atoms with Gasteiger partial charge in [-0.25, -0.2) is 9.78 Å². The number of imidazole rings is 1. The van der Waals surface area contributed by atoms with Crippen LogP contribution < -0.4 is 10.6 Å². The Morgan fingerprint density at radius 1 is 0.810 bits per heavy atom. The molecule has 1 aliphatic heterocycles. The van der Waals surface area contributed by atoms with Crippen molar-refractivity contribution >= 4 is 78.6 Å². The smallest absolute Gasteiger partial charge is 0.318 e. The predicted octanol–water partition coefficient (Wildman–Crippen LogP) is 10.8. The van der Waals surface area contributed by atoms with Crippen molar-refractivity contribution in [1.29, 1.82) is 0 Å². The number of carbonyl (C=O) groups excluding carboxylic acids is 2. The molecule has 3 unspecified atom stereocenters. The van der Waals surface area contributed by atoms with E-state index in [0.717, 1.165) is 94.3 Å². The summed E-state index contributed by atoms with van der Waals surface area (Å²) in [5.74, 6) is -0.131. The second-order valence-corrected chi connectivity index (χ2v) is 20.8. The van der Waals surface area contributed by atoms with Gasteiger partial charge in [0.15, 0.2) is 0 Å². The molecule has 0 radical (unpaired) electrons. The van der Waals surface area contributed by atoms with Crippen molar-refractivity contribution in [3.63, 3.8) is 0 Å². The van der Waals surface area contributed by atoms with Gasteiger partial charge in [0.2, 0.25) is 5.91 Å². The predicted molar refractivity (Wildman–Crippen MR) is 258 cm³/mol. The third-order valence-corrected chi connectivity index (χ3v) is 14.8. The number of pyridine rings is 2. The fraction of sp³-hybridized carbons (Fsp3) is 0.438. The van der Waals surface area contributed by atoms with Gasteiger partial charge in [0.05, 0.1) is 23.8 Å². The van der Waals surface area contributed by atoms with Crippen LogP contribution in [0.1, 0.15) is 109 Å². The molecular formula is C48H53Br2Cl3N8O2. The lowest BCUT2D eigenvalue weighted by atomic mass is 9.94. The number of halogens is 5. The molecule has 9 rings (SSSR count). The highest BCUT2D eigenvalue weighted by atomic mass is 79.9. The first kappa shape index (κ1) is 46.0. The molecule has 10 nitrogen and oxygen atoms in total. The zero-order valence-corrected chi connectivity index (χ0v) is 41.0. The Balaban J connectivity index is 0.000000251. The molecular weight excluding hydrogens is 987 g/mol. The number of aryl methyl sites for hydroxylation is 4. The molecule has 1 saturated carbocycles. The Morgan fingerprint density at radius 3 is 2.10 bits per heavy atom. The topological polar surface area (TPSA) is 108 Å². The summed E-state index contributed by atoms with van der Waals surface area (Å²) >= 11 is 26.2. The summed E-state index contributed by atoms with van der Waals surface area (Å²) in [5, 5.41) is 7.74. The molecule has 4 heterocycles. The Hall–Kier alpha value is -3.52. The lowest BCUT2D eigenvalue weighted by molar-refractivity contribution is -0.127. The van der Waals surface area contributed by atoms with E-state index in [4.69, 9.17) is 39.8 Å². The fourth-order valence-electron chi connectivity index (χ4n) is 9.52. The fourth-order valence-corrected chi connectivity index (χ4v) is 11.1. The highest BCUT2D eigenvalue weighted by Gasteiger charge is 2.41. The molecule has 0 spiro atoms.